The van der Waals surface area contributed by atoms with E-state index in [-0.39, 0.29) is 4.90 Å². The van der Waals surface area contributed by atoms with Gasteiger partial charge in [0, 0.05) is 31.9 Å². The standard InChI is InChI=1S/C23H28ClN3O4S/c1-17-5-7-21(20(24)15-17)25-23(28)19-16-18(32(29,30)27-9-3-2-4-10-27)6-8-22(19)26-11-13-31-14-12-26/h5-8,15-16H,2-4,9-14H2,1H3,(H,25,28). The van der Waals surface area contributed by atoms with Gasteiger partial charge in [-0.1, -0.05) is 24.1 Å². The average Bonchev–Trinajstić information content (AvgIpc) is 2.81. The van der Waals surface area contributed by atoms with Gasteiger partial charge in [0.15, 0.2) is 0 Å². The Morgan fingerprint density at radius 2 is 1.72 bits per heavy atom. The van der Waals surface area contributed by atoms with Crippen LogP contribution in [0, 0.1) is 6.92 Å². The van der Waals surface area contributed by atoms with Gasteiger partial charge in [0.1, 0.15) is 0 Å². The van der Waals surface area contributed by atoms with Crippen molar-refractivity contribution in [1.29, 1.82) is 0 Å². The number of aryl methyl sites for hydroxylation is 1. The van der Waals surface area contributed by atoms with Crippen LogP contribution in [0.1, 0.15) is 35.2 Å². The Labute approximate surface area is 194 Å². The molecule has 1 N–H and O–H groups in total. The summed E-state index contributed by atoms with van der Waals surface area (Å²) in [6, 6.07) is 10.2. The zero-order valence-electron chi connectivity index (χ0n) is 18.1. The van der Waals surface area contributed by atoms with Crippen molar-refractivity contribution in [2.75, 3.05) is 49.6 Å². The van der Waals surface area contributed by atoms with Crippen molar-refractivity contribution in [1.82, 2.24) is 4.31 Å². The molecule has 7 nitrogen and oxygen atoms in total. The summed E-state index contributed by atoms with van der Waals surface area (Å²) in [4.78, 5) is 15.5. The van der Waals surface area contributed by atoms with Crippen LogP contribution in [-0.4, -0.2) is 58.0 Å². The Kier molecular flexibility index (Phi) is 7.05. The molecule has 2 heterocycles. The predicted octanol–water partition coefficient (Wildman–Crippen LogP) is 3.91. The molecule has 2 aromatic carbocycles. The maximum Gasteiger partial charge on any atom is 0.257 e. The van der Waals surface area contributed by atoms with Crippen LogP contribution >= 0.6 is 11.6 Å². The number of carbonyl (C=O) groups is 1. The number of rotatable bonds is 5. The van der Waals surface area contributed by atoms with E-state index >= 15 is 0 Å². The SMILES string of the molecule is Cc1ccc(NC(=O)c2cc(S(=O)(=O)N3CCCCC3)ccc2N2CCOCC2)c(Cl)c1. The minimum Gasteiger partial charge on any atom is -0.378 e. The number of hydrogen-bond acceptors (Lipinski definition) is 5. The van der Waals surface area contributed by atoms with Gasteiger partial charge in [-0.05, 0) is 55.7 Å². The van der Waals surface area contributed by atoms with Crippen LogP contribution in [-0.2, 0) is 14.8 Å². The third-order valence-electron chi connectivity index (χ3n) is 5.89. The first-order valence-corrected chi connectivity index (χ1v) is 12.7. The van der Waals surface area contributed by atoms with Gasteiger partial charge in [0.05, 0.1) is 34.4 Å². The number of ether oxygens (including phenoxy) is 1. The molecule has 4 rings (SSSR count). The molecule has 2 fully saturated rings. The van der Waals surface area contributed by atoms with E-state index in [0.29, 0.717) is 61.4 Å². The average molecular weight is 478 g/mol. The van der Waals surface area contributed by atoms with Crippen LogP contribution in [0.3, 0.4) is 0 Å². The number of piperidine rings is 1. The zero-order valence-corrected chi connectivity index (χ0v) is 19.7. The molecule has 0 radical (unpaired) electrons. The number of nitrogens with zero attached hydrogens (tertiary/aromatic N) is 2. The summed E-state index contributed by atoms with van der Waals surface area (Å²) < 4.78 is 33.4. The quantitative estimate of drug-likeness (QED) is 0.706. The van der Waals surface area contributed by atoms with Crippen LogP contribution in [0.5, 0.6) is 0 Å². The molecule has 2 aliphatic rings. The minimum atomic E-state index is -3.67. The second-order valence-corrected chi connectivity index (χ2v) is 10.5. The molecule has 0 aliphatic carbocycles. The molecule has 0 atom stereocenters. The third kappa shape index (κ3) is 4.93. The second-order valence-electron chi connectivity index (χ2n) is 8.18. The molecule has 2 saturated heterocycles. The lowest BCUT2D eigenvalue weighted by molar-refractivity contribution is 0.102. The summed E-state index contributed by atoms with van der Waals surface area (Å²) in [5, 5.41) is 3.29. The van der Waals surface area contributed by atoms with Crippen LogP contribution in [0.2, 0.25) is 5.02 Å². The van der Waals surface area contributed by atoms with Gasteiger partial charge in [0.25, 0.3) is 5.91 Å². The van der Waals surface area contributed by atoms with Crippen molar-refractivity contribution in [2.24, 2.45) is 0 Å². The van der Waals surface area contributed by atoms with Crippen molar-refractivity contribution in [3.63, 3.8) is 0 Å². The van der Waals surface area contributed by atoms with Crippen molar-refractivity contribution >= 4 is 38.9 Å². The number of hydrogen-bond donors (Lipinski definition) is 1. The Balaban J connectivity index is 1.71. The Bertz CT molecular complexity index is 1090. The fourth-order valence-corrected chi connectivity index (χ4v) is 5.93. The van der Waals surface area contributed by atoms with Crippen molar-refractivity contribution in [2.45, 2.75) is 31.1 Å². The number of morpholine rings is 1. The van der Waals surface area contributed by atoms with Crippen molar-refractivity contribution in [3.05, 3.63) is 52.5 Å². The predicted molar refractivity (Wildman–Crippen MR) is 126 cm³/mol. The number of sulfonamides is 1. The van der Waals surface area contributed by atoms with Crippen LogP contribution < -0.4 is 10.2 Å². The van der Waals surface area contributed by atoms with E-state index < -0.39 is 15.9 Å². The maximum atomic E-state index is 13.3. The lowest BCUT2D eigenvalue weighted by Gasteiger charge is -2.31. The highest BCUT2D eigenvalue weighted by Crippen LogP contribution is 2.30. The summed E-state index contributed by atoms with van der Waals surface area (Å²) in [6.45, 7) is 5.30. The molecule has 2 aromatic rings. The third-order valence-corrected chi connectivity index (χ3v) is 8.10. The fraction of sp³-hybridized carbons (Fsp3) is 0.435. The second kappa shape index (κ2) is 9.79. The Morgan fingerprint density at radius 3 is 2.41 bits per heavy atom. The summed E-state index contributed by atoms with van der Waals surface area (Å²) in [7, 11) is -3.67. The Morgan fingerprint density at radius 1 is 1.00 bits per heavy atom. The lowest BCUT2D eigenvalue weighted by atomic mass is 10.1. The van der Waals surface area contributed by atoms with Crippen LogP contribution in [0.4, 0.5) is 11.4 Å². The largest absolute Gasteiger partial charge is 0.378 e. The van der Waals surface area contributed by atoms with Crippen molar-refractivity contribution in [3.8, 4) is 0 Å². The van der Waals surface area contributed by atoms with Gasteiger partial charge in [-0.3, -0.25) is 4.79 Å². The normalized spacial score (nSPS) is 17.9. The maximum absolute atomic E-state index is 13.3. The molecule has 0 unspecified atom stereocenters. The number of halogens is 1. The van der Waals surface area contributed by atoms with Gasteiger partial charge in [-0.2, -0.15) is 4.31 Å². The van der Waals surface area contributed by atoms with E-state index in [9.17, 15) is 13.2 Å². The molecule has 2 aliphatic heterocycles. The van der Waals surface area contributed by atoms with Crippen LogP contribution in [0.25, 0.3) is 0 Å². The summed E-state index contributed by atoms with van der Waals surface area (Å²) in [5.41, 5.74) is 2.46. The minimum absolute atomic E-state index is 0.136. The van der Waals surface area contributed by atoms with E-state index in [0.717, 1.165) is 24.8 Å². The van der Waals surface area contributed by atoms with E-state index in [4.69, 9.17) is 16.3 Å². The highest BCUT2D eigenvalue weighted by molar-refractivity contribution is 7.89. The van der Waals surface area contributed by atoms with E-state index in [2.05, 4.69) is 5.32 Å². The number of benzene rings is 2. The number of nitrogens with one attached hydrogen (secondary N) is 1. The van der Waals surface area contributed by atoms with Gasteiger partial charge in [-0.25, -0.2) is 8.42 Å². The molecular formula is C23H28ClN3O4S. The first-order chi connectivity index (χ1) is 15.4. The molecule has 0 bridgehead atoms. The van der Waals surface area contributed by atoms with Gasteiger partial charge in [-0.15, -0.1) is 0 Å². The molecule has 0 saturated carbocycles. The zero-order chi connectivity index (χ0) is 22.7. The smallest absolute Gasteiger partial charge is 0.257 e. The molecule has 1 amide bonds. The van der Waals surface area contributed by atoms with Crippen LogP contribution in [0.15, 0.2) is 41.3 Å². The fourth-order valence-electron chi connectivity index (χ4n) is 4.10. The topological polar surface area (TPSA) is 79.0 Å². The first kappa shape index (κ1) is 23.0. The monoisotopic (exact) mass is 477 g/mol. The summed E-state index contributed by atoms with van der Waals surface area (Å²) >= 11 is 6.31. The number of carbonyl (C=O) groups excluding carboxylic acids is 1. The highest BCUT2D eigenvalue weighted by Gasteiger charge is 2.28. The number of amides is 1. The molecule has 0 aromatic heterocycles. The molecule has 0 spiro atoms. The lowest BCUT2D eigenvalue weighted by Crippen LogP contribution is -2.38. The Hall–Kier alpha value is -2.13. The number of anilines is 2. The van der Waals surface area contributed by atoms with Crippen molar-refractivity contribution < 1.29 is 17.9 Å². The summed E-state index contributed by atoms with van der Waals surface area (Å²) in [5.74, 6) is -0.395. The van der Waals surface area contributed by atoms with Gasteiger partial charge in [0.2, 0.25) is 10.0 Å². The van der Waals surface area contributed by atoms with Gasteiger partial charge >= 0.3 is 0 Å². The molecule has 172 valence electrons. The molecular weight excluding hydrogens is 450 g/mol. The first-order valence-electron chi connectivity index (χ1n) is 10.9. The summed E-state index contributed by atoms with van der Waals surface area (Å²) in [6.07, 6.45) is 2.74. The van der Waals surface area contributed by atoms with E-state index in [1.54, 1.807) is 24.3 Å². The molecule has 32 heavy (non-hydrogen) atoms. The highest BCUT2D eigenvalue weighted by atomic mass is 35.5. The van der Waals surface area contributed by atoms with E-state index in [1.807, 2.05) is 17.9 Å². The molecule has 9 heteroatoms. The van der Waals surface area contributed by atoms with E-state index in [1.165, 1.54) is 10.4 Å². The van der Waals surface area contributed by atoms with Gasteiger partial charge < -0.3 is 15.0 Å².